The maximum absolute atomic E-state index is 12.0. The summed E-state index contributed by atoms with van der Waals surface area (Å²) in [5, 5.41) is 14.3. The molecule has 0 bridgehead atoms. The molecule has 5 nitrogen and oxygen atoms in total. The average Bonchev–Trinajstić information content (AvgIpc) is 2.97. The van der Waals surface area contributed by atoms with Crippen LogP contribution >= 0.6 is 50.3 Å². The zero-order valence-electron chi connectivity index (χ0n) is 13.1. The number of phenols is 1. The summed E-state index contributed by atoms with van der Waals surface area (Å²) in [5.41, 5.74) is 2.73. The van der Waals surface area contributed by atoms with Crippen molar-refractivity contribution in [2.45, 2.75) is 9.99 Å². The van der Waals surface area contributed by atoms with Crippen molar-refractivity contribution in [2.24, 2.45) is 5.10 Å². The lowest BCUT2D eigenvalue weighted by Crippen LogP contribution is -2.17. The van der Waals surface area contributed by atoms with Gasteiger partial charge in [0.2, 0.25) is 0 Å². The number of phenolic OH excluding ortho intramolecular Hbond substituents is 1. The fourth-order valence-electron chi connectivity index (χ4n) is 1.97. The van der Waals surface area contributed by atoms with Crippen LogP contribution in [0.3, 0.4) is 0 Å². The lowest BCUT2D eigenvalue weighted by Gasteiger charge is -2.01. The number of nitrogens with zero attached hydrogens (tertiary/aromatic N) is 1. The number of hydrogen-bond acceptors (Lipinski definition) is 5. The highest BCUT2D eigenvalue weighted by atomic mass is 127. The second-order valence-electron chi connectivity index (χ2n) is 5.06. The molecular formula is C18H12BrIN2O3S. The minimum Gasteiger partial charge on any atom is -0.507 e. The number of hydrogen-bond donors (Lipinski definition) is 2. The summed E-state index contributed by atoms with van der Waals surface area (Å²) < 4.78 is 7.20. The van der Waals surface area contributed by atoms with E-state index in [2.05, 4.69) is 26.5 Å². The quantitative estimate of drug-likeness (QED) is 0.262. The van der Waals surface area contributed by atoms with Crippen LogP contribution in [0.4, 0.5) is 0 Å². The molecule has 26 heavy (non-hydrogen) atoms. The monoisotopic (exact) mass is 542 g/mol. The summed E-state index contributed by atoms with van der Waals surface area (Å²) in [6.45, 7) is 0. The lowest BCUT2D eigenvalue weighted by atomic mass is 10.2. The van der Waals surface area contributed by atoms with Gasteiger partial charge in [0.15, 0.2) is 5.09 Å². The Balaban J connectivity index is 1.64. The summed E-state index contributed by atoms with van der Waals surface area (Å²) in [5.74, 6) is 0.137. The van der Waals surface area contributed by atoms with E-state index in [9.17, 15) is 9.90 Å². The molecule has 0 saturated carbocycles. The summed E-state index contributed by atoms with van der Waals surface area (Å²) in [6.07, 6.45) is 1.42. The number of nitrogens with one attached hydrogen (secondary N) is 1. The van der Waals surface area contributed by atoms with E-state index in [0.717, 1.165) is 9.37 Å². The number of amides is 1. The number of rotatable bonds is 5. The van der Waals surface area contributed by atoms with E-state index in [1.54, 1.807) is 18.2 Å². The van der Waals surface area contributed by atoms with Crippen molar-refractivity contribution >= 4 is 62.4 Å². The second kappa shape index (κ2) is 8.74. The van der Waals surface area contributed by atoms with Gasteiger partial charge in [0.25, 0.3) is 5.91 Å². The molecule has 0 fully saturated rings. The number of aromatic hydroxyl groups is 1. The van der Waals surface area contributed by atoms with Crippen LogP contribution in [0.15, 0.2) is 78.6 Å². The maximum atomic E-state index is 12.0. The van der Waals surface area contributed by atoms with E-state index in [4.69, 9.17) is 4.42 Å². The van der Waals surface area contributed by atoms with Crippen molar-refractivity contribution in [1.29, 1.82) is 0 Å². The molecule has 1 heterocycles. The van der Waals surface area contributed by atoms with E-state index < -0.39 is 5.91 Å². The van der Waals surface area contributed by atoms with Gasteiger partial charge in [-0.1, -0.05) is 30.0 Å². The minimum atomic E-state index is -0.419. The summed E-state index contributed by atoms with van der Waals surface area (Å²) in [4.78, 5) is 13.1. The Hall–Kier alpha value is -1.78. The molecule has 132 valence electrons. The van der Waals surface area contributed by atoms with Gasteiger partial charge in [-0.3, -0.25) is 4.79 Å². The zero-order valence-corrected chi connectivity index (χ0v) is 17.7. The topological polar surface area (TPSA) is 74.8 Å². The van der Waals surface area contributed by atoms with Crippen molar-refractivity contribution < 1.29 is 14.3 Å². The molecule has 0 aliphatic heterocycles. The van der Waals surface area contributed by atoms with Crippen LogP contribution in [-0.4, -0.2) is 17.2 Å². The van der Waals surface area contributed by atoms with E-state index >= 15 is 0 Å². The molecule has 1 amide bonds. The fourth-order valence-corrected chi connectivity index (χ4v) is 3.66. The number of halogens is 2. The normalized spacial score (nSPS) is 11.0. The van der Waals surface area contributed by atoms with Crippen molar-refractivity contribution in [3.8, 4) is 5.75 Å². The molecule has 1 aromatic heterocycles. The first-order chi connectivity index (χ1) is 12.5. The molecule has 0 unspecified atom stereocenters. The van der Waals surface area contributed by atoms with Gasteiger partial charge in [0.05, 0.1) is 14.3 Å². The SMILES string of the molecule is O=C(N/N=C\c1cc(Br)c(Sc2ccccc2)o1)c1ccc(I)c(O)c1. The fraction of sp³-hybridized carbons (Fsp3) is 0. The Labute approximate surface area is 176 Å². The molecule has 0 atom stereocenters. The molecule has 0 spiro atoms. The Kier molecular flexibility index (Phi) is 6.38. The molecule has 3 rings (SSSR count). The van der Waals surface area contributed by atoms with Crippen molar-refractivity contribution in [3.63, 3.8) is 0 Å². The summed E-state index contributed by atoms with van der Waals surface area (Å²) in [6, 6.07) is 16.3. The first kappa shape index (κ1) is 19.0. The van der Waals surface area contributed by atoms with Crippen LogP contribution in [0.5, 0.6) is 5.75 Å². The van der Waals surface area contributed by atoms with E-state index in [1.807, 2.05) is 52.9 Å². The summed E-state index contributed by atoms with van der Waals surface area (Å²) >= 11 is 6.92. The largest absolute Gasteiger partial charge is 0.507 e. The molecule has 2 aromatic carbocycles. The van der Waals surface area contributed by atoms with E-state index in [1.165, 1.54) is 24.0 Å². The van der Waals surface area contributed by atoms with Crippen LogP contribution in [0.1, 0.15) is 16.1 Å². The third kappa shape index (κ3) is 4.89. The maximum Gasteiger partial charge on any atom is 0.271 e. The van der Waals surface area contributed by atoms with Crippen molar-refractivity contribution in [2.75, 3.05) is 0 Å². The highest BCUT2D eigenvalue weighted by Gasteiger charge is 2.10. The van der Waals surface area contributed by atoms with Gasteiger partial charge in [-0.15, -0.1) is 0 Å². The van der Waals surface area contributed by atoms with Gasteiger partial charge in [-0.25, -0.2) is 5.43 Å². The van der Waals surface area contributed by atoms with E-state index in [0.29, 0.717) is 20.0 Å². The molecule has 0 saturated heterocycles. The number of benzene rings is 2. The number of furan rings is 1. The van der Waals surface area contributed by atoms with Gasteiger partial charge < -0.3 is 9.52 Å². The third-order valence-corrected chi connectivity index (χ3v) is 5.95. The number of hydrazone groups is 1. The molecule has 0 aliphatic rings. The number of carbonyl (C=O) groups is 1. The molecule has 8 heteroatoms. The Morgan fingerprint density at radius 1 is 1.23 bits per heavy atom. The van der Waals surface area contributed by atoms with Crippen molar-refractivity contribution in [1.82, 2.24) is 5.43 Å². The predicted molar refractivity (Wildman–Crippen MR) is 113 cm³/mol. The molecule has 3 aromatic rings. The molecular weight excluding hydrogens is 531 g/mol. The highest BCUT2D eigenvalue weighted by Crippen LogP contribution is 2.35. The Bertz CT molecular complexity index is 960. The van der Waals surface area contributed by atoms with Crippen LogP contribution in [-0.2, 0) is 0 Å². The lowest BCUT2D eigenvalue weighted by molar-refractivity contribution is 0.0954. The van der Waals surface area contributed by atoms with Crippen molar-refractivity contribution in [3.05, 3.63) is 74.0 Å². The number of carbonyl (C=O) groups excluding carboxylic acids is 1. The van der Waals surface area contributed by atoms with Gasteiger partial charge >= 0.3 is 0 Å². The van der Waals surface area contributed by atoms with Crippen LogP contribution in [0, 0.1) is 3.57 Å². The smallest absolute Gasteiger partial charge is 0.271 e. The highest BCUT2D eigenvalue weighted by molar-refractivity contribution is 14.1. The first-order valence-electron chi connectivity index (χ1n) is 7.37. The van der Waals surface area contributed by atoms with Crippen LogP contribution in [0.25, 0.3) is 0 Å². The average molecular weight is 543 g/mol. The van der Waals surface area contributed by atoms with Gasteiger partial charge in [-0.2, -0.15) is 5.10 Å². The standard InChI is InChI=1S/C18H12BrIN2O3S/c19-14-9-12(25-18(14)26-13-4-2-1-3-5-13)10-21-22-17(24)11-6-7-15(20)16(23)8-11/h1-10,23H,(H,22,24)/b21-10-. The Morgan fingerprint density at radius 2 is 2.00 bits per heavy atom. The summed E-state index contributed by atoms with van der Waals surface area (Å²) in [7, 11) is 0. The predicted octanol–water partition coefficient (Wildman–Crippen LogP) is 5.27. The minimum absolute atomic E-state index is 0.0553. The van der Waals surface area contributed by atoms with Crippen LogP contribution < -0.4 is 5.43 Å². The zero-order chi connectivity index (χ0) is 18.5. The van der Waals surface area contributed by atoms with Crippen LogP contribution in [0.2, 0.25) is 0 Å². The molecule has 0 radical (unpaired) electrons. The Morgan fingerprint density at radius 3 is 2.73 bits per heavy atom. The first-order valence-corrected chi connectivity index (χ1v) is 10.1. The second-order valence-corrected chi connectivity index (χ2v) is 8.13. The van der Waals surface area contributed by atoms with Gasteiger partial charge in [-0.05, 0) is 68.9 Å². The van der Waals surface area contributed by atoms with Gasteiger partial charge in [0, 0.05) is 16.5 Å². The molecule has 2 N–H and O–H groups in total. The third-order valence-electron chi connectivity index (χ3n) is 3.19. The van der Waals surface area contributed by atoms with Gasteiger partial charge in [0.1, 0.15) is 11.5 Å². The van der Waals surface area contributed by atoms with E-state index in [-0.39, 0.29) is 5.75 Å². The molecule has 0 aliphatic carbocycles.